The molecular formula is C15H23NO3. The quantitative estimate of drug-likeness (QED) is 0.846. The van der Waals surface area contributed by atoms with Crippen LogP contribution in [0.2, 0.25) is 0 Å². The van der Waals surface area contributed by atoms with Crippen LogP contribution < -0.4 is 4.90 Å². The average molecular weight is 265 g/mol. The Morgan fingerprint density at radius 3 is 2.63 bits per heavy atom. The SMILES string of the molecule is Cc1ccc(N2CCC(OCCO)CC2)c(CO)c1. The van der Waals surface area contributed by atoms with Gasteiger partial charge >= 0.3 is 0 Å². The molecule has 1 aliphatic rings. The first-order valence-corrected chi connectivity index (χ1v) is 6.92. The molecule has 4 heteroatoms. The molecule has 1 aromatic carbocycles. The number of aliphatic hydroxyl groups excluding tert-OH is 2. The lowest BCUT2D eigenvalue weighted by Crippen LogP contribution is -2.37. The fraction of sp³-hybridized carbons (Fsp3) is 0.600. The molecule has 0 spiro atoms. The second kappa shape index (κ2) is 6.89. The zero-order valence-corrected chi connectivity index (χ0v) is 11.5. The molecule has 1 saturated heterocycles. The van der Waals surface area contributed by atoms with E-state index in [9.17, 15) is 5.11 Å². The zero-order chi connectivity index (χ0) is 13.7. The number of hydrogen-bond donors (Lipinski definition) is 2. The predicted molar refractivity (Wildman–Crippen MR) is 75.4 cm³/mol. The molecule has 0 saturated carbocycles. The van der Waals surface area contributed by atoms with Gasteiger partial charge in [0.2, 0.25) is 0 Å². The summed E-state index contributed by atoms with van der Waals surface area (Å²) in [5.41, 5.74) is 3.30. The average Bonchev–Trinajstić information content (AvgIpc) is 2.45. The molecule has 0 amide bonds. The van der Waals surface area contributed by atoms with Crippen molar-refractivity contribution in [2.75, 3.05) is 31.2 Å². The molecule has 106 valence electrons. The van der Waals surface area contributed by atoms with Crippen molar-refractivity contribution < 1.29 is 14.9 Å². The van der Waals surface area contributed by atoms with E-state index in [1.807, 2.05) is 13.0 Å². The standard InChI is InChI=1S/C15H23NO3/c1-12-2-3-15(13(10-12)11-18)16-6-4-14(5-7-16)19-9-8-17/h2-3,10,14,17-18H,4-9,11H2,1H3. The molecule has 0 aliphatic carbocycles. The van der Waals surface area contributed by atoms with E-state index < -0.39 is 0 Å². The van der Waals surface area contributed by atoms with Crippen LogP contribution in [0.5, 0.6) is 0 Å². The van der Waals surface area contributed by atoms with E-state index in [1.54, 1.807) is 0 Å². The molecule has 0 radical (unpaired) electrons. The third-order valence-corrected chi connectivity index (χ3v) is 3.63. The normalized spacial score (nSPS) is 16.9. The van der Waals surface area contributed by atoms with Crippen LogP contribution in [0.3, 0.4) is 0 Å². The largest absolute Gasteiger partial charge is 0.394 e. The van der Waals surface area contributed by atoms with Crippen LogP contribution in [0, 0.1) is 6.92 Å². The minimum Gasteiger partial charge on any atom is -0.394 e. The van der Waals surface area contributed by atoms with Gasteiger partial charge in [-0.1, -0.05) is 17.7 Å². The van der Waals surface area contributed by atoms with Gasteiger partial charge in [-0.25, -0.2) is 0 Å². The number of ether oxygens (including phenoxy) is 1. The number of aliphatic hydroxyl groups is 2. The summed E-state index contributed by atoms with van der Waals surface area (Å²) in [5, 5.41) is 18.2. The number of nitrogens with zero attached hydrogens (tertiary/aromatic N) is 1. The fourth-order valence-corrected chi connectivity index (χ4v) is 2.63. The van der Waals surface area contributed by atoms with Crippen molar-refractivity contribution in [1.29, 1.82) is 0 Å². The first-order chi connectivity index (χ1) is 9.24. The third kappa shape index (κ3) is 3.69. The van der Waals surface area contributed by atoms with Gasteiger partial charge in [0.25, 0.3) is 0 Å². The lowest BCUT2D eigenvalue weighted by atomic mass is 10.0. The predicted octanol–water partition coefficient (Wildman–Crippen LogP) is 1.47. The smallest absolute Gasteiger partial charge is 0.0702 e. The van der Waals surface area contributed by atoms with Gasteiger partial charge in [0.05, 0.1) is 25.9 Å². The van der Waals surface area contributed by atoms with Gasteiger partial charge in [0, 0.05) is 24.3 Å². The van der Waals surface area contributed by atoms with Gasteiger partial charge < -0.3 is 19.8 Å². The number of hydrogen-bond acceptors (Lipinski definition) is 4. The van der Waals surface area contributed by atoms with Gasteiger partial charge in [-0.2, -0.15) is 0 Å². The van der Waals surface area contributed by atoms with Gasteiger partial charge in [-0.3, -0.25) is 0 Å². The summed E-state index contributed by atoms with van der Waals surface area (Å²) in [6.45, 7) is 4.51. The Bertz CT molecular complexity index is 400. The molecule has 1 aliphatic heterocycles. The molecule has 0 aromatic heterocycles. The number of rotatable bonds is 5. The van der Waals surface area contributed by atoms with E-state index >= 15 is 0 Å². The monoisotopic (exact) mass is 265 g/mol. The van der Waals surface area contributed by atoms with Crippen molar-refractivity contribution in [3.63, 3.8) is 0 Å². The molecule has 0 unspecified atom stereocenters. The van der Waals surface area contributed by atoms with E-state index in [1.165, 1.54) is 5.56 Å². The van der Waals surface area contributed by atoms with Crippen LogP contribution in [-0.2, 0) is 11.3 Å². The second-order valence-electron chi connectivity index (χ2n) is 5.07. The highest BCUT2D eigenvalue weighted by molar-refractivity contribution is 5.55. The van der Waals surface area contributed by atoms with Crippen molar-refractivity contribution in [2.45, 2.75) is 32.5 Å². The Labute approximate surface area is 114 Å². The summed E-state index contributed by atoms with van der Waals surface area (Å²) in [7, 11) is 0. The number of aryl methyl sites for hydroxylation is 1. The summed E-state index contributed by atoms with van der Waals surface area (Å²) in [6.07, 6.45) is 2.20. The van der Waals surface area contributed by atoms with Crippen LogP contribution in [0.4, 0.5) is 5.69 Å². The van der Waals surface area contributed by atoms with Crippen LogP contribution in [-0.4, -0.2) is 42.6 Å². The maximum atomic E-state index is 9.46. The highest BCUT2D eigenvalue weighted by Gasteiger charge is 2.21. The van der Waals surface area contributed by atoms with Crippen molar-refractivity contribution in [3.05, 3.63) is 29.3 Å². The summed E-state index contributed by atoms with van der Waals surface area (Å²) in [5.74, 6) is 0. The first kappa shape index (κ1) is 14.3. The third-order valence-electron chi connectivity index (χ3n) is 3.63. The van der Waals surface area contributed by atoms with Crippen molar-refractivity contribution in [2.24, 2.45) is 0 Å². The Morgan fingerprint density at radius 1 is 1.26 bits per heavy atom. The van der Waals surface area contributed by atoms with Crippen LogP contribution >= 0.6 is 0 Å². The topological polar surface area (TPSA) is 52.9 Å². The summed E-state index contributed by atoms with van der Waals surface area (Å²) in [6, 6.07) is 6.22. The van der Waals surface area contributed by atoms with E-state index in [0.29, 0.717) is 6.61 Å². The maximum absolute atomic E-state index is 9.46. The fourth-order valence-electron chi connectivity index (χ4n) is 2.63. The lowest BCUT2D eigenvalue weighted by molar-refractivity contribution is 0.0159. The minimum atomic E-state index is 0.0813. The number of piperidine rings is 1. The molecule has 19 heavy (non-hydrogen) atoms. The van der Waals surface area contributed by atoms with Crippen molar-refractivity contribution >= 4 is 5.69 Å². The number of benzene rings is 1. The van der Waals surface area contributed by atoms with Crippen LogP contribution in [0.25, 0.3) is 0 Å². The van der Waals surface area contributed by atoms with Gasteiger partial charge in [-0.05, 0) is 25.8 Å². The van der Waals surface area contributed by atoms with Crippen molar-refractivity contribution in [3.8, 4) is 0 Å². The molecule has 1 fully saturated rings. The molecule has 1 aromatic rings. The number of anilines is 1. The molecule has 2 rings (SSSR count). The van der Waals surface area contributed by atoms with E-state index in [0.717, 1.165) is 37.2 Å². The molecule has 4 nitrogen and oxygen atoms in total. The second-order valence-corrected chi connectivity index (χ2v) is 5.07. The minimum absolute atomic E-state index is 0.0813. The molecule has 0 bridgehead atoms. The Morgan fingerprint density at radius 2 is 2.00 bits per heavy atom. The van der Waals surface area contributed by atoms with Crippen LogP contribution in [0.1, 0.15) is 24.0 Å². The van der Waals surface area contributed by atoms with Crippen molar-refractivity contribution in [1.82, 2.24) is 0 Å². The Kier molecular flexibility index (Phi) is 5.19. The highest BCUT2D eigenvalue weighted by atomic mass is 16.5. The first-order valence-electron chi connectivity index (χ1n) is 6.92. The van der Waals surface area contributed by atoms with E-state index in [4.69, 9.17) is 9.84 Å². The molecule has 1 heterocycles. The molecule has 2 N–H and O–H groups in total. The zero-order valence-electron chi connectivity index (χ0n) is 11.5. The van der Waals surface area contributed by atoms with Gasteiger partial charge in [-0.15, -0.1) is 0 Å². The lowest BCUT2D eigenvalue weighted by Gasteiger charge is -2.34. The Balaban J connectivity index is 1.97. The summed E-state index contributed by atoms with van der Waals surface area (Å²) < 4.78 is 5.57. The van der Waals surface area contributed by atoms with E-state index in [2.05, 4.69) is 17.0 Å². The molecular weight excluding hydrogens is 242 g/mol. The summed E-state index contributed by atoms with van der Waals surface area (Å²) in [4.78, 5) is 2.31. The van der Waals surface area contributed by atoms with Crippen LogP contribution in [0.15, 0.2) is 18.2 Å². The Hall–Kier alpha value is -1.10. The molecule has 0 atom stereocenters. The van der Waals surface area contributed by atoms with Gasteiger partial charge in [0.1, 0.15) is 0 Å². The highest BCUT2D eigenvalue weighted by Crippen LogP contribution is 2.26. The maximum Gasteiger partial charge on any atom is 0.0702 e. The van der Waals surface area contributed by atoms with Gasteiger partial charge in [0.15, 0.2) is 0 Å². The summed E-state index contributed by atoms with van der Waals surface area (Å²) >= 11 is 0. The van der Waals surface area contributed by atoms with E-state index in [-0.39, 0.29) is 19.3 Å².